The first kappa shape index (κ1) is 18.0. The molecule has 140 valence electrons. The van der Waals surface area contributed by atoms with Crippen molar-refractivity contribution < 1.29 is 9.13 Å². The first-order valence-electron chi connectivity index (χ1n) is 9.04. The Morgan fingerprint density at radius 1 is 1.11 bits per heavy atom. The van der Waals surface area contributed by atoms with Gasteiger partial charge in [0.25, 0.3) is 0 Å². The third-order valence-corrected chi connectivity index (χ3v) is 5.10. The Hall–Kier alpha value is -2.37. The van der Waals surface area contributed by atoms with E-state index in [2.05, 4.69) is 4.90 Å². The van der Waals surface area contributed by atoms with Gasteiger partial charge in [-0.2, -0.15) is 0 Å². The van der Waals surface area contributed by atoms with Crippen LogP contribution in [-0.2, 0) is 6.54 Å². The van der Waals surface area contributed by atoms with Crippen LogP contribution < -0.4 is 4.74 Å². The lowest BCUT2D eigenvalue weighted by atomic mass is 10.1. The zero-order chi connectivity index (χ0) is 18.8. The monoisotopic (exact) mass is 385 g/mol. The van der Waals surface area contributed by atoms with E-state index in [4.69, 9.17) is 21.3 Å². The van der Waals surface area contributed by atoms with Crippen LogP contribution >= 0.6 is 11.6 Å². The molecule has 4 nitrogen and oxygen atoms in total. The molecular weight excluding hydrogens is 365 g/mol. The van der Waals surface area contributed by atoms with Crippen LogP contribution in [0.15, 0.2) is 48.7 Å². The van der Waals surface area contributed by atoms with Gasteiger partial charge < -0.3 is 4.74 Å². The summed E-state index contributed by atoms with van der Waals surface area (Å²) < 4.78 is 21.1. The van der Waals surface area contributed by atoms with E-state index in [0.29, 0.717) is 10.8 Å². The van der Waals surface area contributed by atoms with Crippen molar-refractivity contribution in [2.75, 3.05) is 20.2 Å². The van der Waals surface area contributed by atoms with Crippen LogP contribution in [0.3, 0.4) is 0 Å². The number of ether oxygens (including phenoxy) is 1. The van der Waals surface area contributed by atoms with Crippen molar-refractivity contribution >= 4 is 11.6 Å². The Labute approximate surface area is 163 Å². The summed E-state index contributed by atoms with van der Waals surface area (Å²) in [5.74, 6) is 0.851. The molecule has 0 aliphatic carbocycles. The Morgan fingerprint density at radius 2 is 1.85 bits per heavy atom. The minimum Gasteiger partial charge on any atom is -0.496 e. The summed E-state index contributed by atoms with van der Waals surface area (Å²) in [7, 11) is 1.54. The van der Waals surface area contributed by atoms with E-state index in [-0.39, 0.29) is 5.82 Å². The Kier molecular flexibility index (Phi) is 5.14. The number of halogens is 2. The van der Waals surface area contributed by atoms with E-state index >= 15 is 0 Å². The van der Waals surface area contributed by atoms with Crippen molar-refractivity contribution in [3.8, 4) is 22.8 Å². The van der Waals surface area contributed by atoms with E-state index in [0.717, 1.165) is 42.4 Å². The maximum absolute atomic E-state index is 13.7. The predicted octanol–water partition coefficient (Wildman–Crippen LogP) is 4.94. The molecule has 27 heavy (non-hydrogen) atoms. The number of nitrogens with zero attached hydrogens (tertiary/aromatic N) is 3. The van der Waals surface area contributed by atoms with Gasteiger partial charge in [0.05, 0.1) is 18.4 Å². The fourth-order valence-corrected chi connectivity index (χ4v) is 3.64. The third-order valence-electron chi connectivity index (χ3n) is 4.85. The number of aromatic nitrogens is 2. The number of rotatable bonds is 5. The quantitative estimate of drug-likeness (QED) is 0.623. The molecule has 1 aliphatic heterocycles. The maximum Gasteiger partial charge on any atom is 0.148 e. The van der Waals surface area contributed by atoms with E-state index in [1.807, 2.05) is 35.0 Å². The number of likely N-dealkylation sites (tertiary alicyclic amines) is 1. The van der Waals surface area contributed by atoms with Gasteiger partial charge in [-0.15, -0.1) is 0 Å². The average molecular weight is 386 g/mol. The lowest BCUT2D eigenvalue weighted by molar-refractivity contribution is 0.328. The molecule has 3 aromatic rings. The highest BCUT2D eigenvalue weighted by Gasteiger charge is 2.19. The second-order valence-corrected chi connectivity index (χ2v) is 7.17. The van der Waals surface area contributed by atoms with E-state index in [1.165, 1.54) is 25.0 Å². The van der Waals surface area contributed by atoms with Gasteiger partial charge in [-0.25, -0.2) is 9.37 Å². The fraction of sp³-hybridized carbons (Fsp3) is 0.286. The van der Waals surface area contributed by atoms with Crippen molar-refractivity contribution in [1.82, 2.24) is 14.5 Å². The molecule has 0 amide bonds. The molecule has 0 saturated carbocycles. The van der Waals surface area contributed by atoms with Gasteiger partial charge in [-0.1, -0.05) is 11.6 Å². The molecule has 0 atom stereocenters. The Balaban J connectivity index is 1.80. The van der Waals surface area contributed by atoms with Crippen molar-refractivity contribution in [1.29, 1.82) is 0 Å². The van der Waals surface area contributed by atoms with Crippen LogP contribution in [0.2, 0.25) is 5.02 Å². The number of methoxy groups -OCH3 is 1. The molecule has 0 radical (unpaired) electrons. The molecule has 2 heterocycles. The van der Waals surface area contributed by atoms with Crippen LogP contribution in [0, 0.1) is 5.82 Å². The van der Waals surface area contributed by atoms with E-state index in [1.54, 1.807) is 13.2 Å². The van der Waals surface area contributed by atoms with Crippen LogP contribution in [0.4, 0.5) is 4.39 Å². The highest BCUT2D eigenvalue weighted by molar-refractivity contribution is 6.30. The highest BCUT2D eigenvalue weighted by atomic mass is 35.5. The minimum absolute atomic E-state index is 0.336. The lowest BCUT2D eigenvalue weighted by Crippen LogP contribution is -2.18. The summed E-state index contributed by atoms with van der Waals surface area (Å²) in [6.07, 6.45) is 4.51. The molecule has 1 saturated heterocycles. The zero-order valence-electron chi connectivity index (χ0n) is 15.2. The van der Waals surface area contributed by atoms with Gasteiger partial charge in [0.2, 0.25) is 0 Å². The molecular formula is C21H21ClFN3O. The number of hydrogen-bond donors (Lipinski definition) is 0. The van der Waals surface area contributed by atoms with Crippen LogP contribution in [0.1, 0.15) is 18.5 Å². The van der Waals surface area contributed by atoms with Gasteiger partial charge in [-0.3, -0.25) is 9.47 Å². The summed E-state index contributed by atoms with van der Waals surface area (Å²) in [5.41, 5.74) is 2.68. The van der Waals surface area contributed by atoms with Gasteiger partial charge in [0.1, 0.15) is 17.4 Å². The molecule has 4 rings (SSSR count). The van der Waals surface area contributed by atoms with Gasteiger partial charge in [0, 0.05) is 29.5 Å². The summed E-state index contributed by atoms with van der Waals surface area (Å²) in [4.78, 5) is 7.27. The zero-order valence-corrected chi connectivity index (χ0v) is 15.9. The Morgan fingerprint density at radius 3 is 2.56 bits per heavy atom. The van der Waals surface area contributed by atoms with Crippen molar-refractivity contribution in [3.63, 3.8) is 0 Å². The van der Waals surface area contributed by atoms with Crippen LogP contribution in [-0.4, -0.2) is 34.7 Å². The fourth-order valence-electron chi connectivity index (χ4n) is 3.51. The first-order valence-corrected chi connectivity index (χ1v) is 9.42. The highest BCUT2D eigenvalue weighted by Crippen LogP contribution is 2.32. The van der Waals surface area contributed by atoms with Crippen LogP contribution in [0.5, 0.6) is 5.75 Å². The molecule has 0 unspecified atom stereocenters. The standard InChI is InChI=1S/C21H21ClFN3O/c1-27-20-12-16(23)6-9-19(20)21-24-17(13-25-10-2-3-11-25)14-26(21)18-7-4-15(22)5-8-18/h4-9,12,14H,2-3,10-11,13H2,1H3. The van der Waals surface area contributed by atoms with Gasteiger partial charge in [-0.05, 0) is 62.3 Å². The molecule has 1 aliphatic rings. The summed E-state index contributed by atoms with van der Waals surface area (Å²) in [5, 5.41) is 0.678. The second kappa shape index (κ2) is 7.71. The predicted molar refractivity (Wildman–Crippen MR) is 105 cm³/mol. The van der Waals surface area contributed by atoms with Crippen molar-refractivity contribution in [3.05, 3.63) is 65.2 Å². The number of imidazole rings is 1. The number of benzene rings is 2. The second-order valence-electron chi connectivity index (χ2n) is 6.73. The van der Waals surface area contributed by atoms with Crippen molar-refractivity contribution in [2.45, 2.75) is 19.4 Å². The summed E-state index contributed by atoms with van der Waals surface area (Å²) in [6.45, 7) is 3.00. The average Bonchev–Trinajstić information content (AvgIpc) is 3.32. The molecule has 0 N–H and O–H groups in total. The van der Waals surface area contributed by atoms with E-state index in [9.17, 15) is 4.39 Å². The molecule has 6 heteroatoms. The van der Waals surface area contributed by atoms with E-state index < -0.39 is 0 Å². The smallest absolute Gasteiger partial charge is 0.148 e. The minimum atomic E-state index is -0.336. The molecule has 1 fully saturated rings. The summed E-state index contributed by atoms with van der Waals surface area (Å²) in [6, 6.07) is 12.1. The van der Waals surface area contributed by atoms with Crippen LogP contribution in [0.25, 0.3) is 17.1 Å². The largest absolute Gasteiger partial charge is 0.496 e. The van der Waals surface area contributed by atoms with Crippen molar-refractivity contribution in [2.24, 2.45) is 0 Å². The van der Waals surface area contributed by atoms with Gasteiger partial charge >= 0.3 is 0 Å². The Bertz CT molecular complexity index is 933. The molecule has 2 aromatic carbocycles. The topological polar surface area (TPSA) is 30.3 Å². The number of hydrogen-bond acceptors (Lipinski definition) is 3. The first-order chi connectivity index (χ1) is 13.1. The third kappa shape index (κ3) is 3.84. The SMILES string of the molecule is COc1cc(F)ccc1-c1nc(CN2CCCC2)cn1-c1ccc(Cl)cc1. The normalized spacial score (nSPS) is 14.6. The lowest BCUT2D eigenvalue weighted by Gasteiger charge is -2.11. The molecule has 0 spiro atoms. The molecule has 0 bridgehead atoms. The maximum atomic E-state index is 13.7. The van der Waals surface area contributed by atoms with Gasteiger partial charge in [0.15, 0.2) is 0 Å². The summed E-state index contributed by atoms with van der Waals surface area (Å²) >= 11 is 6.05. The molecule has 1 aromatic heterocycles.